The highest BCUT2D eigenvalue weighted by atomic mass is 16.5. The van der Waals surface area contributed by atoms with Crippen LogP contribution in [0.2, 0.25) is 0 Å². The number of hydrogen-bond acceptors (Lipinski definition) is 5. The van der Waals surface area contributed by atoms with E-state index in [9.17, 15) is 9.90 Å². The van der Waals surface area contributed by atoms with Crippen LogP contribution in [0.4, 0.5) is 0 Å². The summed E-state index contributed by atoms with van der Waals surface area (Å²) in [7, 11) is 0. The molecular weight excluding hydrogens is 368 g/mol. The molecule has 0 saturated carbocycles. The molecule has 2 aliphatic heterocycles. The van der Waals surface area contributed by atoms with Crippen molar-refractivity contribution in [2.24, 2.45) is 0 Å². The van der Waals surface area contributed by atoms with Gasteiger partial charge in [0.25, 0.3) is 0 Å². The second-order valence-corrected chi connectivity index (χ2v) is 8.22. The molecular formula is C22H24N4O3. The van der Waals surface area contributed by atoms with Crippen molar-refractivity contribution in [3.63, 3.8) is 0 Å². The van der Waals surface area contributed by atoms with Crippen LogP contribution in [0.3, 0.4) is 0 Å². The van der Waals surface area contributed by atoms with Crippen molar-refractivity contribution in [2.45, 2.75) is 38.5 Å². The van der Waals surface area contributed by atoms with E-state index in [0.717, 1.165) is 59.6 Å². The highest BCUT2D eigenvalue weighted by molar-refractivity contribution is 5.85. The number of rotatable bonds is 4. The van der Waals surface area contributed by atoms with Crippen LogP contribution >= 0.6 is 0 Å². The predicted molar refractivity (Wildman–Crippen MR) is 108 cm³/mol. The number of carbonyl (C=O) groups is 1. The third-order valence-electron chi connectivity index (χ3n) is 6.13. The highest BCUT2D eigenvalue weighted by Crippen LogP contribution is 2.39. The van der Waals surface area contributed by atoms with Gasteiger partial charge in [0.1, 0.15) is 12.4 Å². The summed E-state index contributed by atoms with van der Waals surface area (Å²) in [6.07, 6.45) is 4.90. The molecule has 1 spiro atoms. The van der Waals surface area contributed by atoms with Crippen molar-refractivity contribution in [3.8, 4) is 0 Å². The zero-order chi connectivity index (χ0) is 20.0. The number of carboxylic acid groups (broad SMARTS) is 1. The van der Waals surface area contributed by atoms with Gasteiger partial charge in [0, 0.05) is 41.9 Å². The molecule has 2 aliphatic rings. The maximum Gasteiger partial charge on any atom is 0.323 e. The molecule has 1 saturated heterocycles. The van der Waals surface area contributed by atoms with Gasteiger partial charge in [0.05, 0.1) is 24.3 Å². The molecule has 0 amide bonds. The van der Waals surface area contributed by atoms with Crippen LogP contribution in [0, 0.1) is 6.92 Å². The van der Waals surface area contributed by atoms with E-state index in [2.05, 4.69) is 16.0 Å². The van der Waals surface area contributed by atoms with Gasteiger partial charge in [-0.25, -0.2) is 9.97 Å². The molecule has 5 rings (SSSR count). The van der Waals surface area contributed by atoms with Gasteiger partial charge in [-0.05, 0) is 31.5 Å². The van der Waals surface area contributed by atoms with E-state index >= 15 is 0 Å². The Morgan fingerprint density at radius 1 is 1.34 bits per heavy atom. The molecule has 1 atom stereocenters. The van der Waals surface area contributed by atoms with Gasteiger partial charge in [-0.15, -0.1) is 0 Å². The Kier molecular flexibility index (Phi) is 4.37. The number of aryl methyl sites for hydroxylation is 1. The average molecular weight is 392 g/mol. The van der Waals surface area contributed by atoms with E-state index in [-0.39, 0.29) is 12.0 Å². The van der Waals surface area contributed by atoms with E-state index < -0.39 is 5.97 Å². The Hall–Kier alpha value is -2.77. The molecule has 1 N–H and O–H groups in total. The van der Waals surface area contributed by atoms with E-state index in [1.165, 1.54) is 0 Å². The number of nitrogens with zero attached hydrogens (tertiary/aromatic N) is 4. The second-order valence-electron chi connectivity index (χ2n) is 8.22. The number of ether oxygens (including phenoxy) is 1. The van der Waals surface area contributed by atoms with Crippen LogP contribution in [-0.4, -0.2) is 50.2 Å². The molecule has 1 aromatic carbocycles. The van der Waals surface area contributed by atoms with E-state index in [4.69, 9.17) is 9.72 Å². The van der Waals surface area contributed by atoms with Gasteiger partial charge in [-0.1, -0.05) is 18.2 Å². The van der Waals surface area contributed by atoms with Crippen LogP contribution in [0.1, 0.15) is 29.1 Å². The van der Waals surface area contributed by atoms with E-state index in [1.54, 1.807) is 0 Å². The third-order valence-corrected chi connectivity index (χ3v) is 6.13. The maximum atomic E-state index is 11.3. The lowest BCUT2D eigenvalue weighted by atomic mass is 9.80. The molecule has 3 aromatic rings. The lowest BCUT2D eigenvalue weighted by Crippen LogP contribution is -2.40. The van der Waals surface area contributed by atoms with Crippen molar-refractivity contribution in [1.82, 2.24) is 19.4 Å². The summed E-state index contributed by atoms with van der Waals surface area (Å²) in [6, 6.07) is 8.02. The van der Waals surface area contributed by atoms with Crippen LogP contribution in [0.15, 0.2) is 36.7 Å². The van der Waals surface area contributed by atoms with Crippen molar-refractivity contribution in [2.75, 3.05) is 19.7 Å². The van der Waals surface area contributed by atoms with Crippen LogP contribution in [-0.2, 0) is 34.6 Å². The highest BCUT2D eigenvalue weighted by Gasteiger charge is 2.44. The van der Waals surface area contributed by atoms with Gasteiger partial charge in [-0.2, -0.15) is 0 Å². The number of para-hydroxylation sites is 1. The minimum Gasteiger partial charge on any atom is -0.480 e. The smallest absolute Gasteiger partial charge is 0.323 e. The first-order chi connectivity index (χ1) is 14.0. The number of fused-ring (bicyclic) bond motifs is 3. The lowest BCUT2D eigenvalue weighted by molar-refractivity contribution is -0.137. The minimum absolute atomic E-state index is 0.0259. The Bertz CT molecular complexity index is 1090. The van der Waals surface area contributed by atoms with Gasteiger partial charge in [-0.3, -0.25) is 9.69 Å². The van der Waals surface area contributed by atoms with Gasteiger partial charge < -0.3 is 14.4 Å². The Balaban J connectivity index is 1.43. The van der Waals surface area contributed by atoms with Crippen molar-refractivity contribution in [3.05, 3.63) is 59.3 Å². The first-order valence-electron chi connectivity index (χ1n) is 9.96. The molecule has 0 radical (unpaired) electrons. The summed E-state index contributed by atoms with van der Waals surface area (Å²) in [6.45, 7) is 5.82. The zero-order valence-electron chi connectivity index (χ0n) is 16.5. The summed E-state index contributed by atoms with van der Waals surface area (Å²) >= 11 is 0. The van der Waals surface area contributed by atoms with Gasteiger partial charge in [0.2, 0.25) is 0 Å². The SMILES string of the molecule is Cc1ncc2c(n1)C1(CCN(Cc3cn(CC(=O)O)c4ccccc34)C1)COC2. The first-order valence-corrected chi connectivity index (χ1v) is 9.96. The Morgan fingerprint density at radius 2 is 2.21 bits per heavy atom. The molecule has 0 aliphatic carbocycles. The summed E-state index contributed by atoms with van der Waals surface area (Å²) in [5.41, 5.74) is 4.29. The van der Waals surface area contributed by atoms with Crippen molar-refractivity contribution >= 4 is 16.9 Å². The molecule has 1 unspecified atom stereocenters. The van der Waals surface area contributed by atoms with Gasteiger partial charge in [0.15, 0.2) is 0 Å². The van der Waals surface area contributed by atoms with Crippen LogP contribution in [0.5, 0.6) is 0 Å². The molecule has 0 bridgehead atoms. The zero-order valence-corrected chi connectivity index (χ0v) is 16.5. The fourth-order valence-electron chi connectivity index (χ4n) is 4.86. The summed E-state index contributed by atoms with van der Waals surface area (Å²) in [5.74, 6) is -0.0244. The summed E-state index contributed by atoms with van der Waals surface area (Å²) in [4.78, 5) is 22.8. The number of benzene rings is 1. The molecule has 7 heteroatoms. The largest absolute Gasteiger partial charge is 0.480 e. The molecule has 150 valence electrons. The molecule has 7 nitrogen and oxygen atoms in total. The predicted octanol–water partition coefficient (Wildman–Crippen LogP) is 2.50. The second kappa shape index (κ2) is 6.93. The number of likely N-dealkylation sites (tertiary alicyclic amines) is 1. The standard InChI is InChI=1S/C22H24N4O3/c1-15-23-8-16-12-29-14-22(21(16)24-15)6-7-25(13-22)9-17-10-26(11-20(27)28)19-5-3-2-4-18(17)19/h2-5,8,10H,6-7,9,11-14H2,1H3,(H,27,28). The fourth-order valence-corrected chi connectivity index (χ4v) is 4.86. The van der Waals surface area contributed by atoms with Gasteiger partial charge >= 0.3 is 5.97 Å². The van der Waals surface area contributed by atoms with Crippen molar-refractivity contribution < 1.29 is 14.6 Å². The number of aliphatic carboxylic acids is 1. The Morgan fingerprint density at radius 3 is 3.07 bits per heavy atom. The number of carboxylic acids is 1. The van der Waals surface area contributed by atoms with Crippen LogP contribution in [0.25, 0.3) is 10.9 Å². The maximum absolute atomic E-state index is 11.3. The molecule has 1 fully saturated rings. The molecule has 2 aromatic heterocycles. The minimum atomic E-state index is -0.830. The fraction of sp³-hybridized carbons (Fsp3) is 0.409. The van der Waals surface area contributed by atoms with Crippen LogP contribution < -0.4 is 0 Å². The molecule has 29 heavy (non-hydrogen) atoms. The van der Waals surface area contributed by atoms with Crippen molar-refractivity contribution in [1.29, 1.82) is 0 Å². The quantitative estimate of drug-likeness (QED) is 0.735. The van der Waals surface area contributed by atoms with E-state index in [1.807, 2.05) is 42.1 Å². The first kappa shape index (κ1) is 18.3. The third kappa shape index (κ3) is 3.20. The number of hydrogen-bond donors (Lipinski definition) is 1. The topological polar surface area (TPSA) is 80.5 Å². The summed E-state index contributed by atoms with van der Waals surface area (Å²) in [5, 5.41) is 10.4. The number of aromatic nitrogens is 3. The summed E-state index contributed by atoms with van der Waals surface area (Å²) < 4.78 is 7.74. The Labute approximate surface area is 168 Å². The lowest BCUT2D eigenvalue weighted by Gasteiger charge is -2.34. The normalized spacial score (nSPS) is 21.7. The average Bonchev–Trinajstić information content (AvgIpc) is 3.25. The van der Waals surface area contributed by atoms with E-state index in [0.29, 0.717) is 13.2 Å². The monoisotopic (exact) mass is 392 g/mol. The molecule has 4 heterocycles.